The zero-order valence-electron chi connectivity index (χ0n) is 16.1. The molecule has 4 rings (SSSR count). The summed E-state index contributed by atoms with van der Waals surface area (Å²) >= 11 is 0. The number of nitrogens with one attached hydrogen (secondary N) is 1. The average molecular weight is 380 g/mol. The van der Waals surface area contributed by atoms with Gasteiger partial charge in [0.05, 0.1) is 26.1 Å². The van der Waals surface area contributed by atoms with E-state index in [4.69, 9.17) is 9.47 Å². The third kappa shape index (κ3) is 3.42. The summed E-state index contributed by atoms with van der Waals surface area (Å²) in [7, 11) is 3.12. The molecule has 1 aliphatic carbocycles. The standard InChI is InChI=1S/C22H24N2O4/c1-27-19-10-9-15(12-20(19)28-2)23-21(25)16-13-17(16)22(26)24-11-5-7-14-6-3-4-8-18(14)24/h3-4,6,8-10,12,16-17H,5,7,11,13H2,1-2H3,(H,23,25). The van der Waals surface area contributed by atoms with Gasteiger partial charge in [0.25, 0.3) is 0 Å². The summed E-state index contributed by atoms with van der Waals surface area (Å²) < 4.78 is 10.5. The van der Waals surface area contributed by atoms with Crippen LogP contribution in [0, 0.1) is 11.8 Å². The van der Waals surface area contributed by atoms with E-state index in [2.05, 4.69) is 11.4 Å². The number of nitrogens with zero attached hydrogens (tertiary/aromatic N) is 1. The summed E-state index contributed by atoms with van der Waals surface area (Å²) in [6.07, 6.45) is 2.54. The molecule has 2 aliphatic rings. The number of fused-ring (bicyclic) bond motifs is 1. The topological polar surface area (TPSA) is 67.9 Å². The maximum atomic E-state index is 13.0. The van der Waals surface area contributed by atoms with Crippen LogP contribution in [0.3, 0.4) is 0 Å². The Hall–Kier alpha value is -3.02. The average Bonchev–Trinajstić information content (AvgIpc) is 3.54. The lowest BCUT2D eigenvalue weighted by atomic mass is 10.0. The molecule has 1 saturated carbocycles. The Morgan fingerprint density at radius 1 is 1.04 bits per heavy atom. The molecule has 1 aliphatic heterocycles. The van der Waals surface area contributed by atoms with Crippen LogP contribution in [0.5, 0.6) is 11.5 Å². The van der Waals surface area contributed by atoms with Crippen LogP contribution in [0.2, 0.25) is 0 Å². The summed E-state index contributed by atoms with van der Waals surface area (Å²) in [6, 6.07) is 13.3. The minimum atomic E-state index is -0.283. The van der Waals surface area contributed by atoms with Gasteiger partial charge < -0.3 is 19.7 Å². The summed E-state index contributed by atoms with van der Waals surface area (Å²) in [5.41, 5.74) is 2.82. The van der Waals surface area contributed by atoms with Crippen molar-refractivity contribution in [2.75, 3.05) is 31.0 Å². The third-order valence-electron chi connectivity index (χ3n) is 5.47. The molecule has 0 spiro atoms. The molecule has 2 atom stereocenters. The van der Waals surface area contributed by atoms with Crippen LogP contribution in [0.15, 0.2) is 42.5 Å². The quantitative estimate of drug-likeness (QED) is 0.865. The second-order valence-corrected chi connectivity index (χ2v) is 7.23. The summed E-state index contributed by atoms with van der Waals surface area (Å²) in [5.74, 6) is 0.550. The fourth-order valence-electron chi connectivity index (χ4n) is 3.87. The van der Waals surface area contributed by atoms with Crippen LogP contribution in [0.1, 0.15) is 18.4 Å². The first-order valence-corrected chi connectivity index (χ1v) is 9.54. The molecule has 0 saturated heterocycles. The minimum absolute atomic E-state index is 0.0552. The highest BCUT2D eigenvalue weighted by Gasteiger charge is 2.50. The molecule has 2 aromatic carbocycles. The molecule has 28 heavy (non-hydrogen) atoms. The van der Waals surface area contributed by atoms with Gasteiger partial charge in [-0.05, 0) is 43.0 Å². The van der Waals surface area contributed by atoms with Gasteiger partial charge in [0.2, 0.25) is 11.8 Å². The van der Waals surface area contributed by atoms with Crippen molar-refractivity contribution in [3.05, 3.63) is 48.0 Å². The van der Waals surface area contributed by atoms with Gasteiger partial charge in [-0.2, -0.15) is 0 Å². The number of hydrogen-bond acceptors (Lipinski definition) is 4. The summed E-state index contributed by atoms with van der Waals surface area (Å²) in [6.45, 7) is 0.719. The molecule has 2 unspecified atom stereocenters. The Morgan fingerprint density at radius 3 is 2.61 bits per heavy atom. The fourth-order valence-corrected chi connectivity index (χ4v) is 3.87. The van der Waals surface area contributed by atoms with Gasteiger partial charge in [-0.15, -0.1) is 0 Å². The van der Waals surface area contributed by atoms with Crippen molar-refractivity contribution in [2.45, 2.75) is 19.3 Å². The number of rotatable bonds is 5. The van der Waals surface area contributed by atoms with Crippen LogP contribution in [0.4, 0.5) is 11.4 Å². The van der Waals surface area contributed by atoms with E-state index in [0.717, 1.165) is 25.1 Å². The van der Waals surface area contributed by atoms with Crippen molar-refractivity contribution >= 4 is 23.2 Å². The Morgan fingerprint density at radius 2 is 1.82 bits per heavy atom. The highest BCUT2D eigenvalue weighted by atomic mass is 16.5. The molecule has 1 N–H and O–H groups in total. The third-order valence-corrected chi connectivity index (χ3v) is 5.47. The van der Waals surface area contributed by atoms with Gasteiger partial charge in [0, 0.05) is 24.0 Å². The predicted octanol–water partition coefficient (Wildman–Crippen LogP) is 3.26. The predicted molar refractivity (Wildman–Crippen MR) is 107 cm³/mol. The van der Waals surface area contributed by atoms with Gasteiger partial charge in [-0.25, -0.2) is 0 Å². The van der Waals surface area contributed by atoms with Gasteiger partial charge in [0.15, 0.2) is 11.5 Å². The van der Waals surface area contributed by atoms with Gasteiger partial charge in [-0.3, -0.25) is 9.59 Å². The lowest BCUT2D eigenvalue weighted by Crippen LogP contribution is -2.37. The first-order valence-electron chi connectivity index (χ1n) is 9.54. The number of carbonyl (C=O) groups excluding carboxylic acids is 2. The highest BCUT2D eigenvalue weighted by molar-refractivity contribution is 6.04. The number of para-hydroxylation sites is 1. The molecule has 146 valence electrons. The van der Waals surface area contributed by atoms with Crippen LogP contribution >= 0.6 is 0 Å². The number of carbonyl (C=O) groups is 2. The smallest absolute Gasteiger partial charge is 0.230 e. The molecule has 1 heterocycles. The van der Waals surface area contributed by atoms with E-state index in [1.165, 1.54) is 5.56 Å². The van der Waals surface area contributed by atoms with Crippen molar-refractivity contribution < 1.29 is 19.1 Å². The number of amides is 2. The van der Waals surface area contributed by atoms with E-state index in [1.54, 1.807) is 32.4 Å². The SMILES string of the molecule is COc1ccc(NC(=O)C2CC2C(=O)N2CCCc3ccccc32)cc1OC. The van der Waals surface area contributed by atoms with E-state index in [0.29, 0.717) is 23.6 Å². The Balaban J connectivity index is 1.42. The molecular weight excluding hydrogens is 356 g/mol. The molecule has 0 bridgehead atoms. The maximum absolute atomic E-state index is 13.0. The summed E-state index contributed by atoms with van der Waals surface area (Å²) in [4.78, 5) is 27.5. The van der Waals surface area contributed by atoms with Crippen LogP contribution in [-0.4, -0.2) is 32.6 Å². The largest absolute Gasteiger partial charge is 0.493 e. The Bertz CT molecular complexity index is 911. The molecule has 6 heteroatoms. The number of benzene rings is 2. The van der Waals surface area contributed by atoms with E-state index in [1.807, 2.05) is 23.1 Å². The summed E-state index contributed by atoms with van der Waals surface area (Å²) in [5, 5.41) is 2.89. The monoisotopic (exact) mass is 380 g/mol. The zero-order chi connectivity index (χ0) is 19.7. The second-order valence-electron chi connectivity index (χ2n) is 7.23. The van der Waals surface area contributed by atoms with Crippen molar-refractivity contribution in [3.8, 4) is 11.5 Å². The number of ether oxygens (including phenoxy) is 2. The Kier molecular flexibility index (Phi) is 4.94. The van der Waals surface area contributed by atoms with Crippen LogP contribution in [-0.2, 0) is 16.0 Å². The van der Waals surface area contributed by atoms with E-state index < -0.39 is 0 Å². The van der Waals surface area contributed by atoms with Crippen molar-refractivity contribution in [1.82, 2.24) is 0 Å². The lowest BCUT2D eigenvalue weighted by Gasteiger charge is -2.29. The number of aryl methyl sites for hydroxylation is 1. The molecule has 2 amide bonds. The van der Waals surface area contributed by atoms with E-state index >= 15 is 0 Å². The van der Waals surface area contributed by atoms with E-state index in [9.17, 15) is 9.59 Å². The molecule has 6 nitrogen and oxygen atoms in total. The fraction of sp³-hybridized carbons (Fsp3) is 0.364. The normalized spacial score (nSPS) is 20.1. The first kappa shape index (κ1) is 18.3. The minimum Gasteiger partial charge on any atom is -0.493 e. The van der Waals surface area contributed by atoms with Crippen LogP contribution < -0.4 is 19.7 Å². The highest BCUT2D eigenvalue weighted by Crippen LogP contribution is 2.43. The second kappa shape index (κ2) is 7.54. The van der Waals surface area contributed by atoms with Crippen molar-refractivity contribution in [2.24, 2.45) is 11.8 Å². The lowest BCUT2D eigenvalue weighted by molar-refractivity contribution is -0.123. The number of methoxy groups -OCH3 is 2. The van der Waals surface area contributed by atoms with Crippen molar-refractivity contribution in [3.63, 3.8) is 0 Å². The molecule has 0 radical (unpaired) electrons. The molecular formula is C22H24N2O4. The van der Waals surface area contributed by atoms with Gasteiger partial charge in [0.1, 0.15) is 0 Å². The molecule has 2 aromatic rings. The number of anilines is 2. The van der Waals surface area contributed by atoms with Gasteiger partial charge in [-0.1, -0.05) is 18.2 Å². The molecule has 1 fully saturated rings. The zero-order valence-corrected chi connectivity index (χ0v) is 16.1. The van der Waals surface area contributed by atoms with Crippen molar-refractivity contribution in [1.29, 1.82) is 0 Å². The molecule has 0 aromatic heterocycles. The Labute approximate surface area is 164 Å². The van der Waals surface area contributed by atoms with E-state index in [-0.39, 0.29) is 23.7 Å². The first-order chi connectivity index (χ1) is 13.6. The number of hydrogen-bond donors (Lipinski definition) is 1. The van der Waals surface area contributed by atoms with Gasteiger partial charge >= 0.3 is 0 Å². The van der Waals surface area contributed by atoms with Crippen LogP contribution in [0.25, 0.3) is 0 Å². The maximum Gasteiger partial charge on any atom is 0.230 e.